The first-order valence-corrected chi connectivity index (χ1v) is 5.90. The number of nitrogens with zero attached hydrogens (tertiary/aromatic N) is 3. The molecule has 0 radical (unpaired) electrons. The van der Waals surface area contributed by atoms with Crippen LogP contribution in [0.1, 0.15) is 19.3 Å². The lowest BCUT2D eigenvalue weighted by atomic mass is 10.2. The smallest absolute Gasteiger partial charge is 0.169 e. The van der Waals surface area contributed by atoms with Gasteiger partial charge in [0, 0.05) is 37.6 Å². The van der Waals surface area contributed by atoms with E-state index in [9.17, 15) is 0 Å². The van der Waals surface area contributed by atoms with Crippen LogP contribution in [0.4, 0.5) is 11.6 Å². The van der Waals surface area contributed by atoms with E-state index in [1.54, 1.807) is 12.4 Å². The summed E-state index contributed by atoms with van der Waals surface area (Å²) in [6.07, 6.45) is 7.21. The van der Waals surface area contributed by atoms with Crippen LogP contribution < -0.4 is 11.1 Å². The first-order chi connectivity index (χ1) is 7.83. The van der Waals surface area contributed by atoms with Gasteiger partial charge in [0.25, 0.3) is 0 Å². The summed E-state index contributed by atoms with van der Waals surface area (Å²) in [5.74, 6) is 1.22. The quantitative estimate of drug-likeness (QED) is 0.783. The van der Waals surface area contributed by atoms with Crippen molar-refractivity contribution in [2.24, 2.45) is 0 Å². The summed E-state index contributed by atoms with van der Waals surface area (Å²) in [7, 11) is 0. The van der Waals surface area contributed by atoms with E-state index >= 15 is 0 Å². The van der Waals surface area contributed by atoms with Crippen LogP contribution in [0.2, 0.25) is 0 Å². The fraction of sp³-hybridized carbons (Fsp3) is 0.636. The zero-order valence-electron chi connectivity index (χ0n) is 9.26. The van der Waals surface area contributed by atoms with E-state index in [1.807, 2.05) is 0 Å². The van der Waals surface area contributed by atoms with E-state index in [0.29, 0.717) is 11.9 Å². The van der Waals surface area contributed by atoms with Crippen molar-refractivity contribution >= 4 is 11.6 Å². The molecule has 1 aromatic rings. The van der Waals surface area contributed by atoms with Crippen LogP contribution in [-0.2, 0) is 0 Å². The third kappa shape index (κ3) is 1.95. The highest BCUT2D eigenvalue weighted by atomic mass is 15.2. The number of nitrogens with one attached hydrogen (secondary N) is 1. The summed E-state index contributed by atoms with van der Waals surface area (Å²) in [6.45, 7) is 2.31. The topological polar surface area (TPSA) is 67.1 Å². The monoisotopic (exact) mass is 219 g/mol. The Morgan fingerprint density at radius 1 is 1.25 bits per heavy atom. The zero-order chi connectivity index (χ0) is 11.0. The van der Waals surface area contributed by atoms with Crippen LogP contribution in [-0.4, -0.2) is 40.0 Å². The van der Waals surface area contributed by atoms with Crippen molar-refractivity contribution in [1.82, 2.24) is 14.9 Å². The average Bonchev–Trinajstić information content (AvgIpc) is 3.03. The van der Waals surface area contributed by atoms with Crippen LogP contribution in [0.15, 0.2) is 12.4 Å². The van der Waals surface area contributed by atoms with Crippen molar-refractivity contribution in [3.63, 3.8) is 0 Å². The van der Waals surface area contributed by atoms with Gasteiger partial charge in [0.15, 0.2) is 11.6 Å². The summed E-state index contributed by atoms with van der Waals surface area (Å²) >= 11 is 0. The lowest BCUT2D eigenvalue weighted by molar-refractivity contribution is 0.326. The molecule has 1 aromatic heterocycles. The van der Waals surface area contributed by atoms with E-state index in [4.69, 9.17) is 5.73 Å². The minimum atomic E-state index is 0.472. The maximum absolute atomic E-state index is 5.76. The van der Waals surface area contributed by atoms with Gasteiger partial charge in [-0.15, -0.1) is 0 Å². The van der Waals surface area contributed by atoms with Crippen molar-refractivity contribution in [3.05, 3.63) is 12.4 Å². The average molecular weight is 219 g/mol. The van der Waals surface area contributed by atoms with Crippen LogP contribution in [0, 0.1) is 0 Å². The van der Waals surface area contributed by atoms with E-state index < -0.39 is 0 Å². The van der Waals surface area contributed by atoms with E-state index in [-0.39, 0.29) is 0 Å². The maximum Gasteiger partial charge on any atom is 0.169 e. The molecule has 1 aliphatic carbocycles. The lowest BCUT2D eigenvalue weighted by Gasteiger charge is -2.16. The Hall–Kier alpha value is -1.36. The van der Waals surface area contributed by atoms with E-state index in [1.165, 1.54) is 25.8 Å². The Balaban J connectivity index is 1.61. The van der Waals surface area contributed by atoms with Gasteiger partial charge in [-0.25, -0.2) is 9.97 Å². The van der Waals surface area contributed by atoms with E-state index in [2.05, 4.69) is 20.2 Å². The molecular weight excluding hydrogens is 202 g/mol. The molecule has 3 N–H and O–H groups in total. The van der Waals surface area contributed by atoms with Gasteiger partial charge in [0.2, 0.25) is 0 Å². The summed E-state index contributed by atoms with van der Waals surface area (Å²) < 4.78 is 0. The number of aromatic nitrogens is 2. The molecule has 1 saturated carbocycles. The Morgan fingerprint density at radius 3 is 2.81 bits per heavy atom. The summed E-state index contributed by atoms with van der Waals surface area (Å²) in [5, 5.41) is 3.38. The van der Waals surface area contributed by atoms with Gasteiger partial charge in [-0.2, -0.15) is 0 Å². The molecule has 1 unspecified atom stereocenters. The highest BCUT2D eigenvalue weighted by Crippen LogP contribution is 2.30. The number of likely N-dealkylation sites (tertiary alicyclic amines) is 1. The van der Waals surface area contributed by atoms with Crippen molar-refractivity contribution in [3.8, 4) is 0 Å². The predicted octanol–water partition coefficient (Wildman–Crippen LogP) is 0.707. The van der Waals surface area contributed by atoms with Gasteiger partial charge >= 0.3 is 0 Å². The van der Waals surface area contributed by atoms with Gasteiger partial charge in [-0.05, 0) is 19.3 Å². The predicted molar refractivity (Wildman–Crippen MR) is 63.1 cm³/mol. The van der Waals surface area contributed by atoms with Crippen LogP contribution in [0.3, 0.4) is 0 Å². The maximum atomic E-state index is 5.76. The van der Waals surface area contributed by atoms with Crippen molar-refractivity contribution in [2.45, 2.75) is 31.3 Å². The lowest BCUT2D eigenvalue weighted by Crippen LogP contribution is -2.28. The zero-order valence-corrected chi connectivity index (χ0v) is 9.26. The molecule has 2 fully saturated rings. The Morgan fingerprint density at radius 2 is 2.06 bits per heavy atom. The van der Waals surface area contributed by atoms with Crippen LogP contribution in [0.25, 0.3) is 0 Å². The molecule has 0 spiro atoms. The third-order valence-electron chi connectivity index (χ3n) is 3.35. The minimum absolute atomic E-state index is 0.472. The molecule has 16 heavy (non-hydrogen) atoms. The van der Waals surface area contributed by atoms with Gasteiger partial charge in [0.1, 0.15) is 0 Å². The number of rotatable bonds is 3. The fourth-order valence-electron chi connectivity index (χ4n) is 2.33. The summed E-state index contributed by atoms with van der Waals surface area (Å²) in [5.41, 5.74) is 5.76. The molecule has 3 rings (SSSR count). The Labute approximate surface area is 95.1 Å². The van der Waals surface area contributed by atoms with Crippen LogP contribution >= 0.6 is 0 Å². The molecule has 2 heterocycles. The second-order valence-electron chi connectivity index (χ2n) is 4.65. The number of nitrogen functional groups attached to an aromatic ring is 1. The van der Waals surface area contributed by atoms with Crippen LogP contribution in [0.5, 0.6) is 0 Å². The van der Waals surface area contributed by atoms with E-state index in [0.717, 1.165) is 18.4 Å². The standard InChI is InChI=1S/C11H17N5/c12-10-11(14-5-4-13-10)15-8-3-6-16(7-8)9-1-2-9/h4-5,8-9H,1-3,6-7H2,(H2,12,13)(H,14,15). The number of hydrogen-bond donors (Lipinski definition) is 2. The Kier molecular flexibility index (Phi) is 2.40. The van der Waals surface area contributed by atoms with Gasteiger partial charge < -0.3 is 11.1 Å². The largest absolute Gasteiger partial charge is 0.381 e. The molecule has 0 amide bonds. The number of nitrogens with two attached hydrogens (primary N) is 1. The summed E-state index contributed by atoms with van der Waals surface area (Å²) in [4.78, 5) is 10.8. The van der Waals surface area contributed by atoms with Crippen molar-refractivity contribution < 1.29 is 0 Å². The second-order valence-corrected chi connectivity index (χ2v) is 4.65. The highest BCUT2D eigenvalue weighted by molar-refractivity contribution is 5.55. The normalized spacial score (nSPS) is 25.9. The SMILES string of the molecule is Nc1nccnc1NC1CCN(C2CC2)C1. The van der Waals surface area contributed by atoms with Gasteiger partial charge in [-0.1, -0.05) is 0 Å². The Bertz CT molecular complexity index is 376. The first-order valence-electron chi connectivity index (χ1n) is 5.90. The van der Waals surface area contributed by atoms with Crippen molar-refractivity contribution in [1.29, 1.82) is 0 Å². The minimum Gasteiger partial charge on any atom is -0.381 e. The second kappa shape index (κ2) is 3.90. The molecule has 1 aliphatic heterocycles. The molecule has 5 heteroatoms. The number of anilines is 2. The molecule has 0 bridgehead atoms. The molecule has 2 aliphatic rings. The molecule has 1 saturated heterocycles. The summed E-state index contributed by atoms with van der Waals surface area (Å²) in [6, 6.07) is 1.32. The molecule has 1 atom stereocenters. The van der Waals surface area contributed by atoms with Crippen molar-refractivity contribution in [2.75, 3.05) is 24.1 Å². The fourth-order valence-corrected chi connectivity index (χ4v) is 2.33. The molecule has 86 valence electrons. The van der Waals surface area contributed by atoms with Gasteiger partial charge in [-0.3, -0.25) is 4.90 Å². The third-order valence-corrected chi connectivity index (χ3v) is 3.35. The molecule has 0 aromatic carbocycles. The van der Waals surface area contributed by atoms with Gasteiger partial charge in [0.05, 0.1) is 0 Å². The highest BCUT2D eigenvalue weighted by Gasteiger charge is 2.34. The molecule has 5 nitrogen and oxygen atoms in total. The number of hydrogen-bond acceptors (Lipinski definition) is 5. The molecular formula is C11H17N5. The first kappa shape index (κ1) is 9.84.